The predicted octanol–water partition coefficient (Wildman–Crippen LogP) is 2.18. The number of carbonyl (C=O) groups excluding carboxylic acids is 1. The summed E-state index contributed by atoms with van der Waals surface area (Å²) in [5.41, 5.74) is 2.82. The summed E-state index contributed by atoms with van der Waals surface area (Å²) in [6, 6.07) is 7.98. The van der Waals surface area contributed by atoms with Crippen LogP contribution in [0.2, 0.25) is 0 Å². The minimum absolute atomic E-state index is 0.00474. The Labute approximate surface area is 99.6 Å². The maximum Gasteiger partial charge on any atom is 0.152 e. The van der Waals surface area contributed by atoms with Crippen LogP contribution in [0.3, 0.4) is 0 Å². The van der Waals surface area contributed by atoms with Crippen LogP contribution in [0.4, 0.5) is 0 Å². The fourth-order valence-corrected chi connectivity index (χ4v) is 1.38. The van der Waals surface area contributed by atoms with Crippen molar-refractivity contribution in [1.29, 1.82) is 0 Å². The monoisotopic (exact) mass is 227 g/mol. The molecule has 86 valence electrons. The number of nitrogens with zero attached hydrogens (tertiary/aromatic N) is 3. The number of benzene rings is 1. The summed E-state index contributed by atoms with van der Waals surface area (Å²) in [4.78, 5) is 10.8. The van der Waals surface area contributed by atoms with E-state index >= 15 is 0 Å². The summed E-state index contributed by atoms with van der Waals surface area (Å²) in [7, 11) is 0. The lowest BCUT2D eigenvalue weighted by Gasteiger charge is -1.99. The molecule has 0 saturated heterocycles. The van der Waals surface area contributed by atoms with Crippen molar-refractivity contribution >= 4 is 11.9 Å². The van der Waals surface area contributed by atoms with Gasteiger partial charge in [0.2, 0.25) is 0 Å². The quantitative estimate of drug-likeness (QED) is 0.755. The van der Waals surface area contributed by atoms with Gasteiger partial charge >= 0.3 is 0 Å². The third-order valence-electron chi connectivity index (χ3n) is 2.30. The van der Waals surface area contributed by atoms with Crippen LogP contribution < -0.4 is 0 Å². The van der Waals surface area contributed by atoms with Gasteiger partial charge in [-0.3, -0.25) is 4.79 Å². The van der Waals surface area contributed by atoms with Crippen LogP contribution in [0.15, 0.2) is 36.5 Å². The van der Waals surface area contributed by atoms with Gasteiger partial charge in [0.15, 0.2) is 5.78 Å². The Bertz CT molecular complexity index is 552. The van der Waals surface area contributed by atoms with Gasteiger partial charge in [-0.1, -0.05) is 22.9 Å². The molecule has 4 heteroatoms. The Morgan fingerprint density at radius 3 is 2.65 bits per heavy atom. The molecule has 1 aromatic heterocycles. The highest BCUT2D eigenvalue weighted by atomic mass is 16.1. The molecule has 0 spiro atoms. The second kappa shape index (κ2) is 4.74. The summed E-state index contributed by atoms with van der Waals surface area (Å²) in [5, 5.41) is 7.96. The van der Waals surface area contributed by atoms with Crippen molar-refractivity contribution in [3.8, 4) is 5.69 Å². The summed E-state index contributed by atoms with van der Waals surface area (Å²) in [6.45, 7) is 3.53. The average molecular weight is 227 g/mol. The Kier molecular flexibility index (Phi) is 3.14. The third kappa shape index (κ3) is 2.87. The molecule has 0 aliphatic heterocycles. The van der Waals surface area contributed by atoms with Gasteiger partial charge in [-0.15, -0.1) is 5.10 Å². The largest absolute Gasteiger partial charge is 0.295 e. The first-order chi connectivity index (χ1) is 8.15. The maximum absolute atomic E-state index is 10.8. The van der Waals surface area contributed by atoms with Crippen LogP contribution in [0.25, 0.3) is 11.8 Å². The highest BCUT2D eigenvalue weighted by Gasteiger charge is 1.99. The predicted molar refractivity (Wildman–Crippen MR) is 65.8 cm³/mol. The summed E-state index contributed by atoms with van der Waals surface area (Å²) >= 11 is 0. The first kappa shape index (κ1) is 11.3. The normalized spacial score (nSPS) is 10.9. The molecule has 1 heterocycles. The van der Waals surface area contributed by atoms with Gasteiger partial charge < -0.3 is 0 Å². The summed E-state index contributed by atoms with van der Waals surface area (Å²) in [5.74, 6) is -0.00474. The molecule has 2 rings (SSSR count). The van der Waals surface area contributed by atoms with Gasteiger partial charge in [0.1, 0.15) is 5.69 Å². The standard InChI is InChI=1S/C13H13N3O/c1-10-3-7-13(8-4-10)16-9-12(14-15-16)6-5-11(2)17/h3-9H,1-2H3/b6-5+. The summed E-state index contributed by atoms with van der Waals surface area (Å²) < 4.78 is 1.68. The van der Waals surface area contributed by atoms with Crippen molar-refractivity contribution < 1.29 is 4.79 Å². The Balaban J connectivity index is 2.23. The van der Waals surface area contributed by atoms with Crippen molar-refractivity contribution in [2.75, 3.05) is 0 Å². The van der Waals surface area contributed by atoms with E-state index in [4.69, 9.17) is 0 Å². The Morgan fingerprint density at radius 2 is 2.00 bits per heavy atom. The van der Waals surface area contributed by atoms with E-state index in [1.54, 1.807) is 17.0 Å². The van der Waals surface area contributed by atoms with E-state index in [1.165, 1.54) is 18.6 Å². The Morgan fingerprint density at radius 1 is 1.29 bits per heavy atom. The van der Waals surface area contributed by atoms with Crippen LogP contribution in [0.5, 0.6) is 0 Å². The van der Waals surface area contributed by atoms with E-state index in [0.717, 1.165) is 5.69 Å². The van der Waals surface area contributed by atoms with Crippen molar-refractivity contribution in [1.82, 2.24) is 15.0 Å². The maximum atomic E-state index is 10.8. The number of hydrogen-bond acceptors (Lipinski definition) is 3. The average Bonchev–Trinajstić information content (AvgIpc) is 2.76. The molecule has 0 saturated carbocycles. The van der Waals surface area contributed by atoms with E-state index in [-0.39, 0.29) is 5.78 Å². The van der Waals surface area contributed by atoms with Gasteiger partial charge in [-0.2, -0.15) is 0 Å². The molecule has 0 unspecified atom stereocenters. The van der Waals surface area contributed by atoms with Crippen molar-refractivity contribution in [2.24, 2.45) is 0 Å². The van der Waals surface area contributed by atoms with E-state index in [2.05, 4.69) is 10.3 Å². The highest BCUT2D eigenvalue weighted by Crippen LogP contribution is 2.08. The molecular weight excluding hydrogens is 214 g/mol. The molecule has 0 radical (unpaired) electrons. The molecule has 4 nitrogen and oxygen atoms in total. The van der Waals surface area contributed by atoms with E-state index in [9.17, 15) is 4.79 Å². The van der Waals surface area contributed by atoms with Gasteiger partial charge in [-0.05, 0) is 38.1 Å². The first-order valence-electron chi connectivity index (χ1n) is 5.33. The number of allylic oxidation sites excluding steroid dienone is 1. The third-order valence-corrected chi connectivity index (χ3v) is 2.30. The molecule has 17 heavy (non-hydrogen) atoms. The summed E-state index contributed by atoms with van der Waals surface area (Å²) in [6.07, 6.45) is 4.91. The molecule has 0 amide bonds. The van der Waals surface area contributed by atoms with Crippen LogP contribution in [0, 0.1) is 6.92 Å². The minimum Gasteiger partial charge on any atom is -0.295 e. The minimum atomic E-state index is -0.00474. The lowest BCUT2D eigenvalue weighted by molar-refractivity contribution is -0.112. The second-order valence-corrected chi connectivity index (χ2v) is 3.87. The second-order valence-electron chi connectivity index (χ2n) is 3.87. The Hall–Kier alpha value is -2.23. The number of aromatic nitrogens is 3. The number of hydrogen-bond donors (Lipinski definition) is 0. The number of rotatable bonds is 3. The number of aryl methyl sites for hydroxylation is 1. The molecule has 1 aromatic carbocycles. The SMILES string of the molecule is CC(=O)/C=C/c1cn(-c2ccc(C)cc2)nn1. The van der Waals surface area contributed by atoms with Crippen LogP contribution >= 0.6 is 0 Å². The van der Waals surface area contributed by atoms with Crippen molar-refractivity contribution in [3.05, 3.63) is 47.8 Å². The van der Waals surface area contributed by atoms with Gasteiger partial charge in [0.25, 0.3) is 0 Å². The molecule has 0 aliphatic rings. The highest BCUT2D eigenvalue weighted by molar-refractivity contribution is 5.91. The number of ketones is 1. The molecule has 0 aliphatic carbocycles. The molecule has 0 fully saturated rings. The molecule has 0 atom stereocenters. The first-order valence-corrected chi connectivity index (χ1v) is 5.33. The van der Waals surface area contributed by atoms with E-state index in [0.29, 0.717) is 5.69 Å². The lowest BCUT2D eigenvalue weighted by Crippen LogP contribution is -1.94. The molecule has 2 aromatic rings. The van der Waals surface area contributed by atoms with Crippen LogP contribution in [0.1, 0.15) is 18.2 Å². The van der Waals surface area contributed by atoms with Gasteiger partial charge in [0.05, 0.1) is 11.9 Å². The zero-order chi connectivity index (χ0) is 12.3. The van der Waals surface area contributed by atoms with Gasteiger partial charge in [0, 0.05) is 0 Å². The van der Waals surface area contributed by atoms with E-state index in [1.807, 2.05) is 31.2 Å². The van der Waals surface area contributed by atoms with Gasteiger partial charge in [-0.25, -0.2) is 4.68 Å². The smallest absolute Gasteiger partial charge is 0.152 e. The zero-order valence-electron chi connectivity index (χ0n) is 9.79. The molecular formula is C13H13N3O. The van der Waals surface area contributed by atoms with Crippen molar-refractivity contribution in [3.63, 3.8) is 0 Å². The van der Waals surface area contributed by atoms with Crippen LogP contribution in [-0.2, 0) is 4.79 Å². The topological polar surface area (TPSA) is 47.8 Å². The lowest BCUT2D eigenvalue weighted by atomic mass is 10.2. The zero-order valence-corrected chi connectivity index (χ0v) is 9.79. The molecule has 0 N–H and O–H groups in total. The fraction of sp³-hybridized carbons (Fsp3) is 0.154. The fourth-order valence-electron chi connectivity index (χ4n) is 1.38. The van der Waals surface area contributed by atoms with Crippen molar-refractivity contribution in [2.45, 2.75) is 13.8 Å². The molecule has 0 bridgehead atoms. The van der Waals surface area contributed by atoms with Crippen LogP contribution in [-0.4, -0.2) is 20.8 Å². The number of carbonyl (C=O) groups is 1. The van der Waals surface area contributed by atoms with E-state index < -0.39 is 0 Å².